The molecule has 0 radical (unpaired) electrons. The third-order valence-electron chi connectivity index (χ3n) is 3.36. The van der Waals surface area contributed by atoms with Crippen LogP contribution in [0.15, 0.2) is 42.5 Å². The molecule has 1 nitrogen and oxygen atoms in total. The van der Waals surface area contributed by atoms with E-state index >= 15 is 0 Å². The van der Waals surface area contributed by atoms with E-state index in [1.807, 2.05) is 6.92 Å². The maximum absolute atomic E-state index is 14.0. The lowest BCUT2D eigenvalue weighted by Crippen LogP contribution is -2.25. The fourth-order valence-corrected chi connectivity index (χ4v) is 2.28. The fraction of sp³-hybridized carbons (Fsp3) is 0.294. The second-order valence-electron chi connectivity index (χ2n) is 4.97. The molecule has 1 unspecified atom stereocenters. The van der Waals surface area contributed by atoms with E-state index in [1.54, 1.807) is 18.2 Å². The largest absolute Gasteiger partial charge is 0.310 e. The molecule has 2 rings (SSSR count). The highest BCUT2D eigenvalue weighted by molar-refractivity contribution is 5.26. The molecule has 112 valence electrons. The molecule has 0 saturated heterocycles. The Labute approximate surface area is 122 Å². The van der Waals surface area contributed by atoms with Crippen molar-refractivity contribution in [1.29, 1.82) is 0 Å². The molecule has 2 aromatic carbocycles. The van der Waals surface area contributed by atoms with Crippen LogP contribution in [0.5, 0.6) is 0 Å². The summed E-state index contributed by atoms with van der Waals surface area (Å²) in [5, 5.41) is 3.19. The van der Waals surface area contributed by atoms with Crippen molar-refractivity contribution in [2.75, 3.05) is 6.54 Å². The van der Waals surface area contributed by atoms with Crippen LogP contribution >= 0.6 is 0 Å². The number of nitrogens with one attached hydrogen (secondary N) is 1. The van der Waals surface area contributed by atoms with E-state index in [0.29, 0.717) is 24.1 Å². The monoisotopic (exact) mass is 293 g/mol. The van der Waals surface area contributed by atoms with Crippen LogP contribution in [0.2, 0.25) is 0 Å². The van der Waals surface area contributed by atoms with Crippen LogP contribution in [-0.4, -0.2) is 6.54 Å². The van der Waals surface area contributed by atoms with Crippen molar-refractivity contribution in [3.8, 4) is 0 Å². The van der Waals surface area contributed by atoms with Gasteiger partial charge in [0.2, 0.25) is 0 Å². The van der Waals surface area contributed by atoms with Crippen LogP contribution in [0.4, 0.5) is 13.2 Å². The highest BCUT2D eigenvalue weighted by Crippen LogP contribution is 2.23. The van der Waals surface area contributed by atoms with Crippen LogP contribution in [0.25, 0.3) is 0 Å². The molecule has 0 heterocycles. The molecule has 1 N–H and O–H groups in total. The molecular weight excluding hydrogens is 275 g/mol. The van der Waals surface area contributed by atoms with E-state index < -0.39 is 11.6 Å². The number of hydrogen-bond acceptors (Lipinski definition) is 1. The molecule has 0 amide bonds. The van der Waals surface area contributed by atoms with Gasteiger partial charge in [0.1, 0.15) is 17.5 Å². The highest BCUT2D eigenvalue weighted by atomic mass is 19.1. The van der Waals surface area contributed by atoms with Crippen LogP contribution < -0.4 is 5.32 Å². The molecule has 0 aliphatic heterocycles. The normalized spacial score (nSPS) is 12.4. The molecule has 4 heteroatoms. The first-order valence-electron chi connectivity index (χ1n) is 7.03. The Bertz CT molecular complexity index is 598. The van der Waals surface area contributed by atoms with Crippen LogP contribution in [-0.2, 0) is 6.42 Å². The summed E-state index contributed by atoms with van der Waals surface area (Å²) in [5.74, 6) is -1.54. The zero-order chi connectivity index (χ0) is 15.2. The molecule has 0 bridgehead atoms. The Morgan fingerprint density at radius 1 is 1.00 bits per heavy atom. The summed E-state index contributed by atoms with van der Waals surface area (Å²) in [6, 6.07) is 9.53. The molecule has 21 heavy (non-hydrogen) atoms. The Kier molecular flexibility index (Phi) is 5.39. The number of rotatable bonds is 6. The van der Waals surface area contributed by atoms with Gasteiger partial charge in [-0.2, -0.15) is 0 Å². The minimum Gasteiger partial charge on any atom is -0.310 e. The number of halogens is 3. The molecule has 2 aromatic rings. The second-order valence-corrected chi connectivity index (χ2v) is 4.97. The van der Waals surface area contributed by atoms with Crippen LogP contribution in [0, 0.1) is 17.5 Å². The Morgan fingerprint density at radius 3 is 2.43 bits per heavy atom. The number of hydrogen-bond donors (Lipinski definition) is 1. The lowest BCUT2D eigenvalue weighted by molar-refractivity contribution is 0.482. The Hall–Kier alpha value is -1.81. The molecule has 0 aromatic heterocycles. The van der Waals surface area contributed by atoms with Crippen molar-refractivity contribution in [3.63, 3.8) is 0 Å². The molecule has 0 saturated carbocycles. The topological polar surface area (TPSA) is 12.0 Å². The molecule has 1 atom stereocenters. The average Bonchev–Trinajstić information content (AvgIpc) is 2.46. The van der Waals surface area contributed by atoms with E-state index in [2.05, 4.69) is 5.32 Å². The quantitative estimate of drug-likeness (QED) is 0.833. The van der Waals surface area contributed by atoms with Gasteiger partial charge in [-0.25, -0.2) is 13.2 Å². The first-order chi connectivity index (χ1) is 10.1. The minimum atomic E-state index is -0.614. The smallest absolute Gasteiger partial charge is 0.130 e. The third-order valence-corrected chi connectivity index (χ3v) is 3.36. The first kappa shape index (κ1) is 15.6. The van der Waals surface area contributed by atoms with E-state index in [1.165, 1.54) is 18.2 Å². The van der Waals surface area contributed by atoms with Gasteiger partial charge in [0, 0.05) is 17.7 Å². The van der Waals surface area contributed by atoms with Crippen molar-refractivity contribution < 1.29 is 13.2 Å². The predicted molar refractivity (Wildman–Crippen MR) is 77.5 cm³/mol. The van der Waals surface area contributed by atoms with Gasteiger partial charge in [-0.1, -0.05) is 31.2 Å². The van der Waals surface area contributed by atoms with Gasteiger partial charge in [-0.05, 0) is 37.1 Å². The summed E-state index contributed by atoms with van der Waals surface area (Å²) in [5.41, 5.74) is 0.864. The second kappa shape index (κ2) is 7.27. The molecular formula is C17H18F3N. The summed E-state index contributed by atoms with van der Waals surface area (Å²) in [6.45, 7) is 2.67. The van der Waals surface area contributed by atoms with Gasteiger partial charge in [0.05, 0.1) is 0 Å². The molecule has 0 aliphatic rings. The van der Waals surface area contributed by atoms with E-state index in [4.69, 9.17) is 0 Å². The summed E-state index contributed by atoms with van der Waals surface area (Å²) < 4.78 is 40.8. The van der Waals surface area contributed by atoms with E-state index in [-0.39, 0.29) is 11.9 Å². The lowest BCUT2D eigenvalue weighted by Gasteiger charge is -2.20. The van der Waals surface area contributed by atoms with E-state index in [9.17, 15) is 13.2 Å². The Balaban J connectivity index is 2.27. The van der Waals surface area contributed by atoms with Gasteiger partial charge < -0.3 is 5.32 Å². The van der Waals surface area contributed by atoms with Crippen molar-refractivity contribution in [2.45, 2.75) is 25.8 Å². The zero-order valence-electron chi connectivity index (χ0n) is 11.9. The van der Waals surface area contributed by atoms with Gasteiger partial charge >= 0.3 is 0 Å². The SMILES string of the molecule is CCCNC(Cc1ccccc1F)c1ccc(F)cc1F. The fourth-order valence-electron chi connectivity index (χ4n) is 2.28. The lowest BCUT2D eigenvalue weighted by atomic mass is 9.97. The predicted octanol–water partition coefficient (Wildman–Crippen LogP) is 4.39. The van der Waals surface area contributed by atoms with Crippen LogP contribution in [0.1, 0.15) is 30.5 Å². The average molecular weight is 293 g/mol. The minimum absolute atomic E-state index is 0.315. The van der Waals surface area contributed by atoms with E-state index in [0.717, 1.165) is 12.5 Å². The van der Waals surface area contributed by atoms with Crippen molar-refractivity contribution in [1.82, 2.24) is 5.32 Å². The van der Waals surface area contributed by atoms with Crippen LogP contribution in [0.3, 0.4) is 0 Å². The molecule has 0 fully saturated rings. The summed E-state index contributed by atoms with van der Waals surface area (Å²) in [4.78, 5) is 0. The number of benzene rings is 2. The van der Waals surface area contributed by atoms with Crippen molar-refractivity contribution >= 4 is 0 Å². The summed E-state index contributed by atoms with van der Waals surface area (Å²) >= 11 is 0. The van der Waals surface area contributed by atoms with Gasteiger partial charge in [-0.15, -0.1) is 0 Å². The standard InChI is InChI=1S/C17H18F3N/c1-2-9-21-17(10-12-5-3-4-6-15(12)19)14-8-7-13(18)11-16(14)20/h3-8,11,17,21H,2,9-10H2,1H3. The maximum Gasteiger partial charge on any atom is 0.130 e. The van der Waals surface area contributed by atoms with Gasteiger partial charge in [0.15, 0.2) is 0 Å². The highest BCUT2D eigenvalue weighted by Gasteiger charge is 2.17. The van der Waals surface area contributed by atoms with Crippen molar-refractivity contribution in [2.24, 2.45) is 0 Å². The Morgan fingerprint density at radius 2 is 1.76 bits per heavy atom. The summed E-state index contributed by atoms with van der Waals surface area (Å²) in [7, 11) is 0. The summed E-state index contributed by atoms with van der Waals surface area (Å²) in [6.07, 6.45) is 1.19. The third kappa shape index (κ3) is 4.08. The molecule has 0 spiro atoms. The van der Waals surface area contributed by atoms with Gasteiger partial charge in [0.25, 0.3) is 0 Å². The first-order valence-corrected chi connectivity index (χ1v) is 7.03. The maximum atomic E-state index is 14.0. The van der Waals surface area contributed by atoms with Crippen molar-refractivity contribution in [3.05, 3.63) is 71.0 Å². The molecule has 0 aliphatic carbocycles. The zero-order valence-corrected chi connectivity index (χ0v) is 11.9. The van der Waals surface area contributed by atoms with Gasteiger partial charge in [-0.3, -0.25) is 0 Å².